The maximum Gasteiger partial charge on any atom is 0.334 e. The van der Waals surface area contributed by atoms with E-state index in [-0.39, 0.29) is 11.5 Å². The van der Waals surface area contributed by atoms with Crippen LogP contribution in [0.15, 0.2) is 77.6 Å². The summed E-state index contributed by atoms with van der Waals surface area (Å²) in [6, 6.07) is 21.0. The summed E-state index contributed by atoms with van der Waals surface area (Å²) in [5, 5.41) is 0.542. The van der Waals surface area contributed by atoms with Crippen molar-refractivity contribution in [3.8, 4) is 5.69 Å². The van der Waals surface area contributed by atoms with Crippen LogP contribution in [0.1, 0.15) is 5.56 Å². The molecule has 5 heteroatoms. The molecule has 1 aromatic heterocycles. The van der Waals surface area contributed by atoms with E-state index in [1.807, 2.05) is 36.4 Å². The molecule has 3 aromatic carbocycles. The van der Waals surface area contributed by atoms with Gasteiger partial charge in [-0.2, -0.15) is 0 Å². The molecule has 0 atom stereocenters. The van der Waals surface area contributed by atoms with Gasteiger partial charge in [0.15, 0.2) is 0 Å². The van der Waals surface area contributed by atoms with Gasteiger partial charge in [-0.3, -0.25) is 9.13 Å². The van der Waals surface area contributed by atoms with Crippen molar-refractivity contribution in [1.82, 2.24) is 9.13 Å². The highest BCUT2D eigenvalue weighted by Gasteiger charge is 2.15. The van der Waals surface area contributed by atoms with Crippen molar-refractivity contribution >= 4 is 22.6 Å². The molecular weight excluding hydrogens is 339 g/mol. The highest BCUT2D eigenvalue weighted by molar-refractivity contribution is 6.31. The quantitative estimate of drug-likeness (QED) is 0.528. The van der Waals surface area contributed by atoms with Crippen molar-refractivity contribution in [3.05, 3.63) is 99.7 Å². The Labute approximate surface area is 148 Å². The zero-order valence-corrected chi connectivity index (χ0v) is 13.9. The molecular formula is C20H14ClFN2O. The summed E-state index contributed by atoms with van der Waals surface area (Å²) >= 11 is 6.14. The molecule has 1 heterocycles. The van der Waals surface area contributed by atoms with Crippen LogP contribution in [0.4, 0.5) is 4.39 Å². The number of rotatable bonds is 3. The topological polar surface area (TPSA) is 26.9 Å². The molecule has 0 aliphatic carbocycles. The molecule has 0 saturated carbocycles. The van der Waals surface area contributed by atoms with Gasteiger partial charge < -0.3 is 0 Å². The van der Waals surface area contributed by atoms with Crippen LogP contribution in [0, 0.1) is 5.82 Å². The van der Waals surface area contributed by atoms with E-state index in [4.69, 9.17) is 11.6 Å². The van der Waals surface area contributed by atoms with Gasteiger partial charge in [0.25, 0.3) is 0 Å². The van der Waals surface area contributed by atoms with E-state index in [0.29, 0.717) is 22.8 Å². The highest BCUT2D eigenvalue weighted by Crippen LogP contribution is 2.22. The van der Waals surface area contributed by atoms with Gasteiger partial charge in [-0.05, 0) is 48.0 Å². The number of imidazole rings is 1. The lowest BCUT2D eigenvalue weighted by Crippen LogP contribution is -2.23. The van der Waals surface area contributed by atoms with Crippen LogP contribution in [-0.2, 0) is 6.54 Å². The van der Waals surface area contributed by atoms with Gasteiger partial charge in [0.1, 0.15) is 5.82 Å². The molecule has 0 spiro atoms. The maximum absolute atomic E-state index is 13.3. The second-order valence-electron chi connectivity index (χ2n) is 5.80. The van der Waals surface area contributed by atoms with Crippen molar-refractivity contribution < 1.29 is 4.39 Å². The molecule has 4 aromatic rings. The van der Waals surface area contributed by atoms with Crippen molar-refractivity contribution in [3.63, 3.8) is 0 Å². The Kier molecular flexibility index (Phi) is 3.90. The third-order valence-electron chi connectivity index (χ3n) is 4.16. The number of fused-ring (bicyclic) bond motifs is 1. The number of hydrogen-bond donors (Lipinski definition) is 0. The maximum atomic E-state index is 13.3. The van der Waals surface area contributed by atoms with Gasteiger partial charge in [-0.25, -0.2) is 9.18 Å². The van der Waals surface area contributed by atoms with E-state index in [1.165, 1.54) is 12.1 Å². The van der Waals surface area contributed by atoms with E-state index in [9.17, 15) is 9.18 Å². The van der Waals surface area contributed by atoms with Crippen molar-refractivity contribution in [2.45, 2.75) is 6.54 Å². The van der Waals surface area contributed by atoms with Crippen molar-refractivity contribution in [2.75, 3.05) is 0 Å². The van der Waals surface area contributed by atoms with E-state index >= 15 is 0 Å². The van der Waals surface area contributed by atoms with E-state index in [2.05, 4.69) is 0 Å². The van der Waals surface area contributed by atoms with Crippen LogP contribution in [0.3, 0.4) is 0 Å². The molecule has 25 heavy (non-hydrogen) atoms. The van der Waals surface area contributed by atoms with Crippen LogP contribution >= 0.6 is 11.6 Å². The first-order valence-corrected chi connectivity index (χ1v) is 8.22. The van der Waals surface area contributed by atoms with Crippen LogP contribution in [-0.4, -0.2) is 9.13 Å². The lowest BCUT2D eigenvalue weighted by Gasteiger charge is -2.03. The number of hydrogen-bond acceptors (Lipinski definition) is 1. The number of benzene rings is 3. The highest BCUT2D eigenvalue weighted by atomic mass is 35.5. The SMILES string of the molecule is O=c1n(Cc2ccccc2)c2ccc(Cl)cc2n1-c1ccc(F)cc1. The summed E-state index contributed by atoms with van der Waals surface area (Å²) in [4.78, 5) is 13.1. The smallest absolute Gasteiger partial charge is 0.287 e. The predicted molar refractivity (Wildman–Crippen MR) is 98.0 cm³/mol. The summed E-state index contributed by atoms with van der Waals surface area (Å²) < 4.78 is 16.5. The monoisotopic (exact) mass is 352 g/mol. The van der Waals surface area contributed by atoms with Gasteiger partial charge in [-0.1, -0.05) is 41.9 Å². The predicted octanol–water partition coefficient (Wildman–Crippen LogP) is 4.63. The van der Waals surface area contributed by atoms with E-state index < -0.39 is 0 Å². The minimum absolute atomic E-state index is 0.187. The molecule has 0 saturated heterocycles. The molecule has 4 rings (SSSR count). The average Bonchev–Trinajstić information content (AvgIpc) is 2.88. The van der Waals surface area contributed by atoms with Gasteiger partial charge in [0.2, 0.25) is 0 Å². The summed E-state index contributed by atoms with van der Waals surface area (Å²) in [7, 11) is 0. The Morgan fingerprint density at radius 3 is 2.32 bits per heavy atom. The zero-order valence-electron chi connectivity index (χ0n) is 13.2. The first-order valence-electron chi connectivity index (χ1n) is 7.84. The van der Waals surface area contributed by atoms with Crippen LogP contribution < -0.4 is 5.69 Å². The molecule has 0 bridgehead atoms. The molecule has 0 unspecified atom stereocenters. The van der Waals surface area contributed by atoms with Crippen LogP contribution in [0.25, 0.3) is 16.7 Å². The third kappa shape index (κ3) is 2.85. The number of halogens is 2. The van der Waals surface area contributed by atoms with Gasteiger partial charge in [0.05, 0.1) is 23.3 Å². The van der Waals surface area contributed by atoms with E-state index in [1.54, 1.807) is 33.4 Å². The first-order chi connectivity index (χ1) is 12.1. The molecule has 0 fully saturated rings. The summed E-state index contributed by atoms with van der Waals surface area (Å²) in [5.74, 6) is -0.345. The van der Waals surface area contributed by atoms with Crippen molar-refractivity contribution in [1.29, 1.82) is 0 Å². The fourth-order valence-corrected chi connectivity index (χ4v) is 3.16. The normalized spacial score (nSPS) is 11.1. The largest absolute Gasteiger partial charge is 0.334 e. The zero-order chi connectivity index (χ0) is 17.4. The fourth-order valence-electron chi connectivity index (χ4n) is 2.99. The van der Waals surface area contributed by atoms with Gasteiger partial charge >= 0.3 is 5.69 Å². The summed E-state index contributed by atoms with van der Waals surface area (Å²) in [6.07, 6.45) is 0. The Morgan fingerprint density at radius 2 is 1.60 bits per heavy atom. The second kappa shape index (κ2) is 6.22. The summed E-state index contributed by atoms with van der Waals surface area (Å²) in [6.45, 7) is 0.450. The van der Waals surface area contributed by atoms with E-state index in [0.717, 1.165) is 11.1 Å². The molecule has 124 valence electrons. The third-order valence-corrected chi connectivity index (χ3v) is 4.39. The van der Waals surface area contributed by atoms with Crippen LogP contribution in [0.2, 0.25) is 5.02 Å². The molecule has 3 nitrogen and oxygen atoms in total. The number of aromatic nitrogens is 2. The fraction of sp³-hybridized carbons (Fsp3) is 0.0500. The lowest BCUT2D eigenvalue weighted by atomic mass is 10.2. The van der Waals surface area contributed by atoms with Gasteiger partial charge in [-0.15, -0.1) is 0 Å². The van der Waals surface area contributed by atoms with Crippen molar-refractivity contribution in [2.24, 2.45) is 0 Å². The average molecular weight is 353 g/mol. The number of nitrogens with zero attached hydrogens (tertiary/aromatic N) is 2. The van der Waals surface area contributed by atoms with Gasteiger partial charge in [0, 0.05) is 5.02 Å². The lowest BCUT2D eigenvalue weighted by molar-refractivity contribution is 0.627. The standard InChI is InChI=1S/C20H14ClFN2O/c21-15-6-11-18-19(12-15)24(17-9-7-16(22)8-10-17)20(25)23(18)13-14-4-2-1-3-5-14/h1-12H,13H2. The second-order valence-corrected chi connectivity index (χ2v) is 6.24. The Bertz CT molecular complexity index is 1100. The molecule has 0 aliphatic rings. The minimum atomic E-state index is -0.345. The summed E-state index contributed by atoms with van der Waals surface area (Å²) in [5.41, 5.74) is 2.92. The molecule has 0 aliphatic heterocycles. The van der Waals surface area contributed by atoms with Crippen LogP contribution in [0.5, 0.6) is 0 Å². The Balaban J connectivity index is 1.96. The molecule has 0 N–H and O–H groups in total. The molecule has 0 radical (unpaired) electrons. The Morgan fingerprint density at radius 1 is 0.880 bits per heavy atom. The minimum Gasteiger partial charge on any atom is -0.287 e. The first kappa shape index (κ1) is 15.7. The molecule has 0 amide bonds. The Hall–Kier alpha value is -2.85.